The quantitative estimate of drug-likeness (QED) is 0.890. The van der Waals surface area contributed by atoms with Crippen molar-refractivity contribution in [3.05, 3.63) is 47.4 Å². The van der Waals surface area contributed by atoms with Gasteiger partial charge in [0.2, 0.25) is 10.0 Å². The SMILES string of the molecule is O=S(=O)(c1cccnc1Nc1ccc(F)c(Cl)c1)N1CCCCC1. The minimum absolute atomic E-state index is 0.0450. The summed E-state index contributed by atoms with van der Waals surface area (Å²) in [6, 6.07) is 7.19. The van der Waals surface area contributed by atoms with Crippen LogP contribution >= 0.6 is 11.6 Å². The van der Waals surface area contributed by atoms with Gasteiger partial charge in [0.15, 0.2) is 5.82 Å². The number of halogens is 2. The van der Waals surface area contributed by atoms with Crippen LogP contribution in [0.5, 0.6) is 0 Å². The Bertz CT molecular complexity index is 839. The number of aromatic nitrogens is 1. The molecular weight excluding hydrogens is 353 g/mol. The lowest BCUT2D eigenvalue weighted by atomic mass is 10.2. The van der Waals surface area contributed by atoms with E-state index in [-0.39, 0.29) is 15.7 Å². The first kappa shape index (κ1) is 17.1. The average Bonchev–Trinajstić information content (AvgIpc) is 2.59. The number of nitrogens with zero attached hydrogens (tertiary/aromatic N) is 2. The molecule has 0 atom stereocenters. The van der Waals surface area contributed by atoms with Crippen molar-refractivity contribution < 1.29 is 12.8 Å². The van der Waals surface area contributed by atoms with Crippen LogP contribution in [-0.2, 0) is 10.0 Å². The van der Waals surface area contributed by atoms with Crippen LogP contribution in [0.4, 0.5) is 15.9 Å². The molecule has 0 unspecified atom stereocenters. The van der Waals surface area contributed by atoms with Gasteiger partial charge in [0.05, 0.1) is 5.02 Å². The van der Waals surface area contributed by atoms with E-state index >= 15 is 0 Å². The molecule has 1 aliphatic rings. The Hall–Kier alpha value is -1.70. The average molecular weight is 370 g/mol. The summed E-state index contributed by atoms with van der Waals surface area (Å²) in [4.78, 5) is 4.24. The van der Waals surface area contributed by atoms with Gasteiger partial charge < -0.3 is 5.32 Å². The van der Waals surface area contributed by atoms with Crippen LogP contribution in [0.1, 0.15) is 19.3 Å². The van der Waals surface area contributed by atoms with Crippen molar-refractivity contribution >= 4 is 33.1 Å². The molecule has 1 aromatic heterocycles. The molecule has 0 aliphatic carbocycles. The zero-order valence-electron chi connectivity index (χ0n) is 12.9. The Morgan fingerprint density at radius 3 is 2.62 bits per heavy atom. The molecule has 0 saturated carbocycles. The molecule has 0 spiro atoms. The smallest absolute Gasteiger partial charge is 0.246 e. The Kier molecular flexibility index (Phi) is 5.03. The van der Waals surface area contributed by atoms with Crippen LogP contribution in [0.2, 0.25) is 5.02 Å². The summed E-state index contributed by atoms with van der Waals surface area (Å²) < 4.78 is 40.5. The maximum Gasteiger partial charge on any atom is 0.246 e. The van der Waals surface area contributed by atoms with Crippen LogP contribution in [0.15, 0.2) is 41.4 Å². The fourth-order valence-electron chi connectivity index (χ4n) is 2.65. The van der Waals surface area contributed by atoms with Crippen molar-refractivity contribution in [1.82, 2.24) is 9.29 Å². The number of rotatable bonds is 4. The van der Waals surface area contributed by atoms with Crippen molar-refractivity contribution in [2.75, 3.05) is 18.4 Å². The molecular formula is C16H17ClFN3O2S. The zero-order valence-corrected chi connectivity index (χ0v) is 14.4. The molecule has 3 rings (SSSR count). The molecule has 0 amide bonds. The van der Waals surface area contributed by atoms with Crippen LogP contribution in [0, 0.1) is 5.82 Å². The number of piperidine rings is 1. The van der Waals surface area contributed by atoms with E-state index in [0.29, 0.717) is 18.8 Å². The number of hydrogen-bond donors (Lipinski definition) is 1. The Labute approximate surface area is 145 Å². The van der Waals surface area contributed by atoms with Gasteiger partial charge in [-0.2, -0.15) is 4.31 Å². The van der Waals surface area contributed by atoms with Crippen LogP contribution < -0.4 is 5.32 Å². The van der Waals surface area contributed by atoms with Gasteiger partial charge in [-0.25, -0.2) is 17.8 Å². The van der Waals surface area contributed by atoms with E-state index in [9.17, 15) is 12.8 Å². The number of anilines is 2. The summed E-state index contributed by atoms with van der Waals surface area (Å²) in [5.74, 6) is -0.338. The molecule has 1 aliphatic heterocycles. The summed E-state index contributed by atoms with van der Waals surface area (Å²) in [6.45, 7) is 1.03. The van der Waals surface area contributed by atoms with Crippen LogP contribution in [0.3, 0.4) is 0 Å². The fourth-order valence-corrected chi connectivity index (χ4v) is 4.44. The third-order valence-corrected chi connectivity index (χ3v) is 6.11. The maximum atomic E-state index is 13.3. The van der Waals surface area contributed by atoms with Crippen molar-refractivity contribution in [1.29, 1.82) is 0 Å². The lowest BCUT2D eigenvalue weighted by Crippen LogP contribution is -2.36. The van der Waals surface area contributed by atoms with Crippen molar-refractivity contribution in [3.8, 4) is 0 Å². The Morgan fingerprint density at radius 1 is 1.17 bits per heavy atom. The second-order valence-electron chi connectivity index (χ2n) is 5.57. The minimum atomic E-state index is -3.63. The Morgan fingerprint density at radius 2 is 1.92 bits per heavy atom. The predicted molar refractivity (Wildman–Crippen MR) is 91.5 cm³/mol. The molecule has 0 bridgehead atoms. The summed E-state index contributed by atoms with van der Waals surface area (Å²) in [5.41, 5.74) is 0.468. The van der Waals surface area contributed by atoms with Gasteiger partial charge in [0.25, 0.3) is 0 Å². The molecule has 2 aromatic rings. The molecule has 5 nitrogen and oxygen atoms in total. The lowest BCUT2D eigenvalue weighted by Gasteiger charge is -2.26. The summed E-state index contributed by atoms with van der Waals surface area (Å²) in [7, 11) is -3.63. The lowest BCUT2D eigenvalue weighted by molar-refractivity contribution is 0.346. The molecule has 1 saturated heterocycles. The number of benzene rings is 1. The third-order valence-electron chi connectivity index (χ3n) is 3.89. The first-order valence-electron chi connectivity index (χ1n) is 7.66. The molecule has 1 N–H and O–H groups in total. The van der Waals surface area contributed by atoms with E-state index in [1.807, 2.05) is 0 Å². The monoisotopic (exact) mass is 369 g/mol. The van der Waals surface area contributed by atoms with E-state index < -0.39 is 15.8 Å². The van der Waals surface area contributed by atoms with Gasteiger partial charge >= 0.3 is 0 Å². The van der Waals surface area contributed by atoms with Crippen LogP contribution in [-0.4, -0.2) is 30.8 Å². The highest BCUT2D eigenvalue weighted by molar-refractivity contribution is 7.89. The largest absolute Gasteiger partial charge is 0.339 e. The number of nitrogens with one attached hydrogen (secondary N) is 1. The second kappa shape index (κ2) is 7.04. The number of hydrogen-bond acceptors (Lipinski definition) is 4. The summed E-state index contributed by atoms with van der Waals surface area (Å²) >= 11 is 5.77. The minimum Gasteiger partial charge on any atom is -0.339 e. The molecule has 2 heterocycles. The van der Waals surface area contributed by atoms with E-state index in [0.717, 1.165) is 19.3 Å². The highest BCUT2D eigenvalue weighted by Gasteiger charge is 2.28. The third kappa shape index (κ3) is 3.53. The van der Waals surface area contributed by atoms with E-state index in [4.69, 9.17) is 11.6 Å². The van der Waals surface area contributed by atoms with Gasteiger partial charge in [0.1, 0.15) is 10.7 Å². The molecule has 1 aromatic carbocycles. The normalized spacial score (nSPS) is 16.1. The summed E-state index contributed by atoms with van der Waals surface area (Å²) in [5, 5.41) is 2.87. The number of sulfonamides is 1. The topological polar surface area (TPSA) is 62.3 Å². The maximum absolute atomic E-state index is 13.3. The van der Waals surface area contributed by atoms with E-state index in [1.54, 1.807) is 6.07 Å². The summed E-state index contributed by atoms with van der Waals surface area (Å²) in [6.07, 6.45) is 4.26. The van der Waals surface area contributed by atoms with E-state index in [1.165, 1.54) is 34.8 Å². The van der Waals surface area contributed by atoms with Gasteiger partial charge in [-0.3, -0.25) is 0 Å². The van der Waals surface area contributed by atoms with Crippen molar-refractivity contribution in [3.63, 3.8) is 0 Å². The molecule has 0 radical (unpaired) electrons. The first-order valence-corrected chi connectivity index (χ1v) is 9.47. The molecule has 1 fully saturated rings. The second-order valence-corrected chi connectivity index (χ2v) is 7.88. The van der Waals surface area contributed by atoms with Gasteiger partial charge in [-0.05, 0) is 43.2 Å². The van der Waals surface area contributed by atoms with Gasteiger partial charge in [-0.1, -0.05) is 18.0 Å². The van der Waals surface area contributed by atoms with Crippen molar-refractivity contribution in [2.45, 2.75) is 24.2 Å². The van der Waals surface area contributed by atoms with E-state index in [2.05, 4.69) is 10.3 Å². The first-order chi connectivity index (χ1) is 11.5. The number of pyridine rings is 1. The highest BCUT2D eigenvalue weighted by atomic mass is 35.5. The zero-order chi connectivity index (χ0) is 17.2. The molecule has 8 heteroatoms. The standard InChI is InChI=1S/C16H17ClFN3O2S/c17-13-11-12(6-7-14(13)18)20-16-15(5-4-8-19-16)24(22,23)21-9-2-1-3-10-21/h4-8,11H,1-3,9-10H2,(H,19,20). The molecule has 128 valence electrons. The fraction of sp³-hybridized carbons (Fsp3) is 0.312. The predicted octanol–water partition coefficient (Wildman–Crippen LogP) is 3.79. The van der Waals surface area contributed by atoms with Gasteiger partial charge in [0, 0.05) is 25.0 Å². The highest BCUT2D eigenvalue weighted by Crippen LogP contribution is 2.28. The Balaban J connectivity index is 1.94. The molecule has 24 heavy (non-hydrogen) atoms. The van der Waals surface area contributed by atoms with Crippen molar-refractivity contribution in [2.24, 2.45) is 0 Å². The van der Waals surface area contributed by atoms with Gasteiger partial charge in [-0.15, -0.1) is 0 Å². The van der Waals surface area contributed by atoms with Crippen LogP contribution in [0.25, 0.3) is 0 Å².